The molecule has 1 saturated heterocycles. The van der Waals surface area contributed by atoms with Crippen LogP contribution in [-0.2, 0) is 47.5 Å². The second-order valence-electron chi connectivity index (χ2n) is 19.7. The van der Waals surface area contributed by atoms with Crippen molar-refractivity contribution in [1.29, 1.82) is 0 Å². The Bertz CT molecular complexity index is 3050. The number of allylic oxidation sites excluding steroid dienone is 1. The maximum absolute atomic E-state index is 13.4. The van der Waals surface area contributed by atoms with Crippen molar-refractivity contribution >= 4 is 64.6 Å². The number of hydrogen-bond donors (Lipinski definition) is 6. The quantitative estimate of drug-likeness (QED) is 0.0154. The summed E-state index contributed by atoms with van der Waals surface area (Å²) in [5.74, 6) is -0.560. The van der Waals surface area contributed by atoms with Crippen LogP contribution in [0.15, 0.2) is 115 Å². The Labute approximate surface area is 476 Å². The lowest BCUT2D eigenvalue weighted by molar-refractivity contribution is -0.137. The van der Waals surface area contributed by atoms with Crippen LogP contribution in [0.25, 0.3) is 11.1 Å². The molecule has 0 saturated carbocycles. The maximum Gasteiger partial charge on any atom is 0.272 e. The van der Waals surface area contributed by atoms with Gasteiger partial charge in [-0.25, -0.2) is 0 Å². The van der Waals surface area contributed by atoms with E-state index in [0.29, 0.717) is 129 Å². The molecular formula is C59H73N11O12. The Hall–Kier alpha value is -8.96. The summed E-state index contributed by atoms with van der Waals surface area (Å²) < 4.78 is 31.7. The lowest BCUT2D eigenvalue weighted by Crippen LogP contribution is -2.35. The average Bonchev–Trinajstić information content (AvgIpc) is 4.04. The predicted octanol–water partition coefficient (Wildman–Crippen LogP) is 5.12. The van der Waals surface area contributed by atoms with E-state index in [0.717, 1.165) is 27.3 Å². The summed E-state index contributed by atoms with van der Waals surface area (Å²) in [4.78, 5) is 94.4. The van der Waals surface area contributed by atoms with Gasteiger partial charge in [0.15, 0.2) is 17.4 Å². The molecule has 436 valence electrons. The first-order chi connectivity index (χ1) is 39.6. The van der Waals surface area contributed by atoms with E-state index in [1.807, 2.05) is 42.7 Å². The highest BCUT2D eigenvalue weighted by Crippen LogP contribution is 2.39. The molecule has 1 atom stereocenters. The number of fused-ring (bicyclic) bond motifs is 2. The first kappa shape index (κ1) is 60.7. The van der Waals surface area contributed by atoms with Crippen molar-refractivity contribution in [2.24, 2.45) is 19.1 Å². The van der Waals surface area contributed by atoms with Crippen molar-refractivity contribution in [3.05, 3.63) is 127 Å². The minimum Gasteiger partial charge on any atom is -0.493 e. The standard InChI is InChI=1S/C59H73N11O12/c1-39-30-46-35-64-48-34-52(51(78-6)33-47(48)59(77)70(46)36-39)82-24-7-10-40(2)65-45-32-50(68(5)38-45)58(76)66-44-13-11-42(12-14-44)43-31-49(67(4)37-43)57(75)63-21-9-25-81-41(3)60-19-8-20-61-54(72)18-26-79-28-29-80-27-22-62-53(71)17-23-69-55(73)15-16-56(69)74/h11-16,31-35,37-38,46,60,65H,1-3,7-10,17-30,36H2,4-6H3,(H,61,72)(H,62,71)(H,63,75)(H,66,76). The summed E-state index contributed by atoms with van der Waals surface area (Å²) in [6.45, 7) is 16.1. The fraction of sp³-hybridized carbons (Fsp3) is 0.390. The minimum atomic E-state index is -0.423. The Morgan fingerprint density at radius 2 is 1.37 bits per heavy atom. The summed E-state index contributed by atoms with van der Waals surface area (Å²) >= 11 is 0. The average molecular weight is 1130 g/mol. The minimum absolute atomic E-state index is 0.0122. The second kappa shape index (κ2) is 30.0. The molecule has 82 heavy (non-hydrogen) atoms. The molecule has 23 heteroatoms. The number of nitrogens with zero attached hydrogens (tertiary/aromatic N) is 5. The van der Waals surface area contributed by atoms with E-state index in [-0.39, 0.29) is 81.3 Å². The van der Waals surface area contributed by atoms with Crippen LogP contribution in [0.4, 0.5) is 17.1 Å². The van der Waals surface area contributed by atoms with Crippen LogP contribution in [0.1, 0.15) is 76.3 Å². The number of amides is 7. The first-order valence-corrected chi connectivity index (χ1v) is 27.2. The molecular weight excluding hydrogens is 1050 g/mol. The van der Waals surface area contributed by atoms with Crippen molar-refractivity contribution in [2.45, 2.75) is 51.0 Å². The molecule has 2 aromatic heterocycles. The molecule has 2 aromatic carbocycles. The first-order valence-electron chi connectivity index (χ1n) is 27.2. The predicted molar refractivity (Wildman–Crippen MR) is 309 cm³/mol. The van der Waals surface area contributed by atoms with Crippen molar-refractivity contribution in [2.75, 3.05) is 96.7 Å². The van der Waals surface area contributed by atoms with Gasteiger partial charge in [-0.1, -0.05) is 30.9 Å². The Balaban J connectivity index is 0.703. The summed E-state index contributed by atoms with van der Waals surface area (Å²) in [7, 11) is 5.14. The number of rotatable bonds is 34. The van der Waals surface area contributed by atoms with Gasteiger partial charge >= 0.3 is 0 Å². The zero-order valence-electron chi connectivity index (χ0n) is 46.8. The lowest BCUT2D eigenvalue weighted by Gasteiger charge is -2.20. The normalized spacial score (nSPS) is 14.3. The highest BCUT2D eigenvalue weighted by molar-refractivity contribution is 6.13. The molecule has 5 heterocycles. The Morgan fingerprint density at radius 1 is 0.671 bits per heavy atom. The number of methoxy groups -OCH3 is 1. The van der Waals surface area contributed by atoms with E-state index in [4.69, 9.17) is 23.7 Å². The number of benzene rings is 2. The van der Waals surface area contributed by atoms with Crippen LogP contribution < -0.4 is 41.4 Å². The van der Waals surface area contributed by atoms with Crippen LogP contribution in [-0.4, -0.2) is 159 Å². The third kappa shape index (κ3) is 17.5. The number of aliphatic imine (C=N–C) groups is 1. The molecule has 0 spiro atoms. The number of anilines is 2. The van der Waals surface area contributed by atoms with Gasteiger partial charge in [-0.15, -0.1) is 0 Å². The monoisotopic (exact) mass is 1130 g/mol. The number of aryl methyl sites for hydroxylation is 2. The molecule has 0 radical (unpaired) electrons. The molecule has 3 aliphatic rings. The van der Waals surface area contributed by atoms with E-state index in [9.17, 15) is 33.6 Å². The van der Waals surface area contributed by atoms with E-state index < -0.39 is 11.8 Å². The topological polar surface area (TPSA) is 267 Å². The molecule has 1 fully saturated rings. The molecule has 1 unspecified atom stereocenters. The fourth-order valence-electron chi connectivity index (χ4n) is 9.03. The number of aromatic nitrogens is 2. The third-order valence-electron chi connectivity index (χ3n) is 13.4. The van der Waals surface area contributed by atoms with E-state index in [2.05, 4.69) is 56.6 Å². The smallest absolute Gasteiger partial charge is 0.272 e. The number of hydrogen-bond acceptors (Lipinski definition) is 15. The van der Waals surface area contributed by atoms with Crippen LogP contribution >= 0.6 is 0 Å². The van der Waals surface area contributed by atoms with Gasteiger partial charge in [0.05, 0.1) is 69.7 Å². The van der Waals surface area contributed by atoms with Crippen molar-refractivity contribution in [3.8, 4) is 22.6 Å². The number of ether oxygens (including phenoxy) is 5. The Morgan fingerprint density at radius 3 is 2.13 bits per heavy atom. The second-order valence-corrected chi connectivity index (χ2v) is 19.7. The molecule has 6 N–H and O–H groups in total. The van der Waals surface area contributed by atoms with Crippen LogP contribution in [0, 0.1) is 0 Å². The van der Waals surface area contributed by atoms with Crippen molar-refractivity contribution < 1.29 is 57.2 Å². The number of carbonyl (C=O) groups is 7. The van der Waals surface area contributed by atoms with Crippen LogP contribution in [0.3, 0.4) is 0 Å². The molecule has 7 amide bonds. The number of nitrogens with one attached hydrogen (secondary N) is 6. The highest BCUT2D eigenvalue weighted by Gasteiger charge is 2.34. The van der Waals surface area contributed by atoms with Crippen molar-refractivity contribution in [3.63, 3.8) is 0 Å². The number of imide groups is 1. The maximum atomic E-state index is 13.4. The van der Waals surface area contributed by atoms with Gasteiger partial charge in [-0.3, -0.25) is 43.5 Å². The van der Waals surface area contributed by atoms with Gasteiger partial charge in [-0.05, 0) is 74.6 Å². The fourth-order valence-corrected chi connectivity index (χ4v) is 9.03. The SMILES string of the molecule is C=C1CC2C=Nc3cc(OCCCC(=C)Nc4cc(C(=O)Nc5ccc(-c6cc(C(=O)NCCCOC(=C)NCCCNC(=O)CCOCCOCCNC(=O)CCN7C(=O)C=CC7=O)n(C)c6)cc5)n(C)c4)c(OC)cc3C(=O)N2C1. The summed E-state index contributed by atoms with van der Waals surface area (Å²) in [5.41, 5.74) is 6.71. The van der Waals surface area contributed by atoms with Crippen molar-refractivity contribution in [1.82, 2.24) is 40.2 Å². The molecule has 0 aliphatic carbocycles. The molecule has 23 nitrogen and oxygen atoms in total. The summed E-state index contributed by atoms with van der Waals surface area (Å²) in [5, 5.41) is 17.8. The van der Waals surface area contributed by atoms with E-state index in [1.54, 1.807) is 52.5 Å². The zero-order chi connectivity index (χ0) is 58.5. The van der Waals surface area contributed by atoms with Gasteiger partial charge in [0.25, 0.3) is 29.5 Å². The molecule has 0 bridgehead atoms. The Kier molecular flexibility index (Phi) is 22.2. The van der Waals surface area contributed by atoms with Crippen LogP contribution in [0.2, 0.25) is 0 Å². The lowest BCUT2D eigenvalue weighted by atomic mass is 10.1. The largest absolute Gasteiger partial charge is 0.493 e. The van der Waals surface area contributed by atoms with Gasteiger partial charge in [0.2, 0.25) is 11.8 Å². The third-order valence-corrected chi connectivity index (χ3v) is 13.4. The zero-order valence-corrected chi connectivity index (χ0v) is 46.8. The highest BCUT2D eigenvalue weighted by atomic mass is 16.5. The number of carbonyl (C=O) groups excluding carboxylic acids is 7. The summed E-state index contributed by atoms with van der Waals surface area (Å²) in [6.07, 6.45) is 11.2. The summed E-state index contributed by atoms with van der Waals surface area (Å²) in [6, 6.07) is 14.3. The van der Waals surface area contributed by atoms with Gasteiger partial charge in [-0.2, -0.15) is 0 Å². The van der Waals surface area contributed by atoms with Gasteiger partial charge in [0.1, 0.15) is 11.4 Å². The van der Waals surface area contributed by atoms with Crippen LogP contribution in [0.5, 0.6) is 11.5 Å². The molecule has 7 rings (SSSR count). The van der Waals surface area contributed by atoms with E-state index >= 15 is 0 Å². The molecule has 4 aromatic rings. The molecule has 3 aliphatic heterocycles. The van der Waals surface area contributed by atoms with Gasteiger partial charge < -0.3 is 69.6 Å². The van der Waals surface area contributed by atoms with Gasteiger partial charge in [0, 0.05) is 120 Å². The van der Waals surface area contributed by atoms with E-state index in [1.165, 1.54) is 19.3 Å².